The molecule has 0 aliphatic heterocycles. The van der Waals surface area contributed by atoms with Gasteiger partial charge in [0.15, 0.2) is 0 Å². The molecule has 0 unspecified atom stereocenters. The molecule has 2 aromatic heterocycles. The van der Waals surface area contributed by atoms with Gasteiger partial charge in [-0.2, -0.15) is 5.10 Å². The van der Waals surface area contributed by atoms with Crippen molar-refractivity contribution in [3.8, 4) is 0 Å². The van der Waals surface area contributed by atoms with E-state index in [1.54, 1.807) is 18.0 Å². The number of aromatic nitrogens is 2. The van der Waals surface area contributed by atoms with Gasteiger partial charge in [0, 0.05) is 12.1 Å². The largest absolute Gasteiger partial charge is 0.468 e. The summed E-state index contributed by atoms with van der Waals surface area (Å²) < 4.78 is 5.33. The Labute approximate surface area is 117 Å². The average Bonchev–Trinajstić information content (AvgIpc) is 2.96. The van der Waals surface area contributed by atoms with Crippen molar-refractivity contribution >= 4 is 11.8 Å². The van der Waals surface area contributed by atoms with Crippen molar-refractivity contribution in [3.05, 3.63) is 41.0 Å². The fourth-order valence-electron chi connectivity index (χ4n) is 2.09. The van der Waals surface area contributed by atoms with Crippen LogP contribution < -0.4 is 5.73 Å². The summed E-state index contributed by atoms with van der Waals surface area (Å²) >= 11 is 1.63. The normalized spacial score (nSPS) is 10.9. The summed E-state index contributed by atoms with van der Waals surface area (Å²) in [5.74, 6) is 1.69. The maximum Gasteiger partial charge on any atom is 0.124 e. The van der Waals surface area contributed by atoms with E-state index in [0.717, 1.165) is 40.6 Å². The van der Waals surface area contributed by atoms with Gasteiger partial charge in [-0.25, -0.2) is 0 Å². The van der Waals surface area contributed by atoms with Gasteiger partial charge in [-0.1, -0.05) is 25.6 Å². The van der Waals surface area contributed by atoms with Gasteiger partial charge in [0.2, 0.25) is 0 Å². The van der Waals surface area contributed by atoms with E-state index in [1.165, 1.54) is 5.56 Å². The number of hydrogen-bond donors (Lipinski definition) is 1. The Hall–Kier alpha value is -1.33. The number of furan rings is 1. The highest BCUT2D eigenvalue weighted by atomic mass is 32.2. The Kier molecular flexibility index (Phi) is 4.99. The van der Waals surface area contributed by atoms with E-state index in [2.05, 4.69) is 24.0 Å². The van der Waals surface area contributed by atoms with Crippen LogP contribution in [0.4, 0.5) is 0 Å². The lowest BCUT2D eigenvalue weighted by atomic mass is 10.0. The predicted octanol–water partition coefficient (Wildman–Crippen LogP) is 2.95. The Balaban J connectivity index is 2.24. The second-order valence-electron chi connectivity index (χ2n) is 4.19. The fraction of sp³-hybridized carbons (Fsp3) is 0.429. The van der Waals surface area contributed by atoms with Crippen molar-refractivity contribution in [1.82, 2.24) is 10.2 Å². The SMILES string of the molecule is CCc1nnc(SCc2ccco2)c(CN)c1CC. The van der Waals surface area contributed by atoms with Crippen LogP contribution in [-0.4, -0.2) is 10.2 Å². The average molecular weight is 277 g/mol. The van der Waals surface area contributed by atoms with Gasteiger partial charge < -0.3 is 10.2 Å². The van der Waals surface area contributed by atoms with Crippen LogP contribution in [0, 0.1) is 0 Å². The minimum absolute atomic E-state index is 0.506. The van der Waals surface area contributed by atoms with Crippen LogP contribution in [-0.2, 0) is 25.1 Å². The van der Waals surface area contributed by atoms with E-state index in [-0.39, 0.29) is 0 Å². The highest BCUT2D eigenvalue weighted by molar-refractivity contribution is 7.98. The van der Waals surface area contributed by atoms with Crippen molar-refractivity contribution in [2.75, 3.05) is 0 Å². The molecule has 0 aliphatic rings. The van der Waals surface area contributed by atoms with Gasteiger partial charge in [-0.05, 0) is 30.5 Å². The minimum Gasteiger partial charge on any atom is -0.468 e. The summed E-state index contributed by atoms with van der Waals surface area (Å²) in [6.45, 7) is 4.74. The molecule has 0 saturated carbocycles. The van der Waals surface area contributed by atoms with Crippen LogP contribution in [0.15, 0.2) is 27.8 Å². The van der Waals surface area contributed by atoms with Crippen LogP contribution in [0.25, 0.3) is 0 Å². The molecule has 19 heavy (non-hydrogen) atoms. The van der Waals surface area contributed by atoms with Crippen molar-refractivity contribution in [2.45, 2.75) is 44.0 Å². The summed E-state index contributed by atoms with van der Waals surface area (Å²) in [7, 11) is 0. The van der Waals surface area contributed by atoms with E-state index in [9.17, 15) is 0 Å². The lowest BCUT2D eigenvalue weighted by molar-refractivity contribution is 0.530. The summed E-state index contributed by atoms with van der Waals surface area (Å²) in [6.07, 6.45) is 3.52. The molecule has 0 spiro atoms. The molecule has 2 rings (SSSR count). The summed E-state index contributed by atoms with van der Waals surface area (Å²) in [5, 5.41) is 9.56. The molecule has 4 nitrogen and oxygen atoms in total. The molecule has 2 aromatic rings. The summed E-state index contributed by atoms with van der Waals surface area (Å²) in [6, 6.07) is 3.85. The number of nitrogens with two attached hydrogens (primary N) is 1. The molecule has 2 heterocycles. The standard InChI is InChI=1S/C14H19N3OS/c1-3-11-12(8-15)14(17-16-13(11)4-2)19-9-10-6-5-7-18-10/h5-7H,3-4,8-9,15H2,1-2H3. The van der Waals surface area contributed by atoms with Gasteiger partial charge >= 0.3 is 0 Å². The van der Waals surface area contributed by atoms with Crippen molar-refractivity contribution in [3.63, 3.8) is 0 Å². The molecular weight excluding hydrogens is 258 g/mol. The van der Waals surface area contributed by atoms with E-state index in [0.29, 0.717) is 6.54 Å². The van der Waals surface area contributed by atoms with Crippen molar-refractivity contribution < 1.29 is 4.42 Å². The smallest absolute Gasteiger partial charge is 0.124 e. The highest BCUT2D eigenvalue weighted by Crippen LogP contribution is 2.27. The molecule has 0 aromatic carbocycles. The molecule has 0 aliphatic carbocycles. The van der Waals surface area contributed by atoms with E-state index in [4.69, 9.17) is 10.2 Å². The first-order valence-corrected chi connectivity index (χ1v) is 7.51. The quantitative estimate of drug-likeness (QED) is 0.822. The van der Waals surface area contributed by atoms with Crippen LogP contribution in [0.3, 0.4) is 0 Å². The molecular formula is C14H19N3OS. The summed E-state index contributed by atoms with van der Waals surface area (Å²) in [5.41, 5.74) is 9.34. The van der Waals surface area contributed by atoms with Gasteiger partial charge in [-0.15, -0.1) is 5.10 Å². The second kappa shape index (κ2) is 6.73. The molecule has 2 N–H and O–H groups in total. The number of nitrogens with zero attached hydrogens (tertiary/aromatic N) is 2. The molecule has 5 heteroatoms. The monoisotopic (exact) mass is 277 g/mol. The third-order valence-electron chi connectivity index (χ3n) is 3.06. The Morgan fingerprint density at radius 3 is 2.63 bits per heavy atom. The molecule has 0 fully saturated rings. The van der Waals surface area contributed by atoms with Crippen LogP contribution >= 0.6 is 11.8 Å². The van der Waals surface area contributed by atoms with Crippen molar-refractivity contribution in [2.24, 2.45) is 5.73 Å². The number of rotatable bonds is 6. The van der Waals surface area contributed by atoms with Gasteiger partial charge in [-0.3, -0.25) is 0 Å². The first kappa shape index (κ1) is 14.1. The zero-order valence-corrected chi connectivity index (χ0v) is 12.2. The summed E-state index contributed by atoms with van der Waals surface area (Å²) in [4.78, 5) is 0. The molecule has 0 atom stereocenters. The number of aryl methyl sites for hydroxylation is 1. The zero-order chi connectivity index (χ0) is 13.7. The third kappa shape index (κ3) is 3.16. The molecule has 0 saturated heterocycles. The lowest BCUT2D eigenvalue weighted by Crippen LogP contribution is -2.10. The molecule has 102 valence electrons. The third-order valence-corrected chi connectivity index (χ3v) is 4.09. The molecule has 0 bridgehead atoms. The predicted molar refractivity (Wildman–Crippen MR) is 76.9 cm³/mol. The first-order valence-electron chi connectivity index (χ1n) is 6.52. The van der Waals surface area contributed by atoms with E-state index in [1.807, 2.05) is 12.1 Å². The zero-order valence-electron chi connectivity index (χ0n) is 11.3. The van der Waals surface area contributed by atoms with Gasteiger partial charge in [0.1, 0.15) is 10.8 Å². The van der Waals surface area contributed by atoms with Crippen LogP contribution in [0.5, 0.6) is 0 Å². The highest BCUT2D eigenvalue weighted by Gasteiger charge is 2.14. The molecule has 0 radical (unpaired) electrons. The Bertz CT molecular complexity index is 526. The Morgan fingerprint density at radius 2 is 2.05 bits per heavy atom. The van der Waals surface area contributed by atoms with Crippen LogP contribution in [0.2, 0.25) is 0 Å². The first-order chi connectivity index (χ1) is 9.30. The minimum atomic E-state index is 0.506. The van der Waals surface area contributed by atoms with Gasteiger partial charge in [0.25, 0.3) is 0 Å². The maximum absolute atomic E-state index is 5.90. The van der Waals surface area contributed by atoms with Crippen molar-refractivity contribution in [1.29, 1.82) is 0 Å². The maximum atomic E-state index is 5.90. The van der Waals surface area contributed by atoms with E-state index < -0.39 is 0 Å². The van der Waals surface area contributed by atoms with E-state index >= 15 is 0 Å². The number of hydrogen-bond acceptors (Lipinski definition) is 5. The number of thioether (sulfide) groups is 1. The topological polar surface area (TPSA) is 64.9 Å². The fourth-order valence-corrected chi connectivity index (χ4v) is 3.01. The molecule has 0 amide bonds. The second-order valence-corrected chi connectivity index (χ2v) is 5.15. The van der Waals surface area contributed by atoms with Crippen LogP contribution in [0.1, 0.15) is 36.4 Å². The lowest BCUT2D eigenvalue weighted by Gasteiger charge is -2.13. The Morgan fingerprint density at radius 1 is 1.21 bits per heavy atom. The van der Waals surface area contributed by atoms with Gasteiger partial charge in [0.05, 0.1) is 17.7 Å².